The van der Waals surface area contributed by atoms with Crippen molar-refractivity contribution < 1.29 is 20.4 Å². The van der Waals surface area contributed by atoms with E-state index in [1.165, 1.54) is 36.4 Å². The van der Waals surface area contributed by atoms with E-state index < -0.39 is 0 Å². The topological polar surface area (TPSA) is 151 Å². The Morgan fingerprint density at radius 2 is 1.04 bits per heavy atom. The number of phenols is 4. The Bertz CT molecular complexity index is 1220. The molecule has 0 radical (unpaired) electrons. The first-order valence-corrected chi connectivity index (χ1v) is 8.29. The van der Waals surface area contributed by atoms with Crippen LogP contribution in [0, 0.1) is 0 Å². The molecule has 0 atom stereocenters. The third kappa shape index (κ3) is 2.45. The quantitative estimate of drug-likeness (QED) is 0.259. The van der Waals surface area contributed by atoms with Crippen LogP contribution in [0.1, 0.15) is 0 Å². The summed E-state index contributed by atoms with van der Waals surface area (Å²) in [7, 11) is 0. The number of pyridine rings is 1. The van der Waals surface area contributed by atoms with Crippen LogP contribution in [-0.2, 0) is 0 Å². The molecule has 0 amide bonds. The lowest BCUT2D eigenvalue weighted by molar-refractivity contribution is 0.461. The fourth-order valence-electron chi connectivity index (χ4n) is 3.05. The molecule has 0 aliphatic carbocycles. The fraction of sp³-hybridized carbons (Fsp3) is 0. The number of imidazole rings is 2. The van der Waals surface area contributed by atoms with Gasteiger partial charge >= 0.3 is 0 Å². The van der Waals surface area contributed by atoms with Crippen LogP contribution in [0.3, 0.4) is 0 Å². The van der Waals surface area contributed by atoms with Crippen molar-refractivity contribution in [3.05, 3.63) is 42.5 Å². The number of H-pyrrole nitrogens is 2. The van der Waals surface area contributed by atoms with Crippen molar-refractivity contribution in [2.24, 2.45) is 0 Å². The third-order valence-electron chi connectivity index (χ3n) is 4.39. The summed E-state index contributed by atoms with van der Waals surface area (Å²) in [6.07, 6.45) is 0. The number of rotatable bonds is 2. The highest BCUT2D eigenvalue weighted by atomic mass is 16.3. The zero-order chi connectivity index (χ0) is 19.4. The van der Waals surface area contributed by atoms with Crippen molar-refractivity contribution in [3.8, 4) is 45.8 Å². The van der Waals surface area contributed by atoms with Gasteiger partial charge in [0.15, 0.2) is 11.3 Å². The molecular weight excluding hydrogens is 362 g/mol. The van der Waals surface area contributed by atoms with E-state index in [4.69, 9.17) is 0 Å². The minimum atomic E-state index is -0.0258. The molecule has 0 unspecified atom stereocenters. The summed E-state index contributed by atoms with van der Waals surface area (Å²) >= 11 is 0. The van der Waals surface area contributed by atoms with Gasteiger partial charge in [0.05, 0.1) is 22.2 Å². The van der Waals surface area contributed by atoms with Gasteiger partial charge in [0.25, 0.3) is 0 Å². The molecule has 0 aliphatic rings. The van der Waals surface area contributed by atoms with E-state index in [1.54, 1.807) is 6.07 Å². The van der Waals surface area contributed by atoms with Crippen molar-refractivity contribution in [1.82, 2.24) is 24.9 Å². The Balaban J connectivity index is 1.65. The number of aromatic hydroxyl groups is 4. The number of aromatic nitrogens is 5. The average Bonchev–Trinajstić information content (AvgIpc) is 3.26. The first kappa shape index (κ1) is 15.9. The highest BCUT2D eigenvalue weighted by molar-refractivity contribution is 5.89. The van der Waals surface area contributed by atoms with E-state index in [-0.39, 0.29) is 23.0 Å². The van der Waals surface area contributed by atoms with Gasteiger partial charge in [0.2, 0.25) is 0 Å². The first-order valence-electron chi connectivity index (χ1n) is 8.29. The maximum Gasteiger partial charge on any atom is 0.180 e. The Morgan fingerprint density at radius 3 is 1.50 bits per heavy atom. The van der Waals surface area contributed by atoms with Gasteiger partial charge in [-0.3, -0.25) is 0 Å². The summed E-state index contributed by atoms with van der Waals surface area (Å²) in [5, 5.41) is 39.3. The largest absolute Gasteiger partial charge is 0.508 e. The number of phenolic OH excluding ortho intramolecular Hbond substituents is 4. The number of hydrogen-bond acceptors (Lipinski definition) is 7. The molecule has 6 N–H and O–H groups in total. The molecular formula is C19H13N5O4. The summed E-state index contributed by atoms with van der Waals surface area (Å²) in [5.41, 5.74) is 2.65. The van der Waals surface area contributed by atoms with Gasteiger partial charge in [-0.05, 0) is 42.5 Å². The SMILES string of the molecule is Oc1ccc(O)c(-c2nc3nc4nc(-c5cc(O)ccc5O)[nH]c4cc3[nH]2)c1. The van der Waals surface area contributed by atoms with Crippen LogP contribution >= 0.6 is 0 Å². The molecule has 2 aromatic carbocycles. The summed E-state index contributed by atoms with van der Waals surface area (Å²) in [6, 6.07) is 10.1. The van der Waals surface area contributed by atoms with E-state index >= 15 is 0 Å². The Hall–Kier alpha value is -4.27. The zero-order valence-electron chi connectivity index (χ0n) is 14.2. The molecule has 0 aliphatic heterocycles. The highest BCUT2D eigenvalue weighted by Crippen LogP contribution is 2.33. The summed E-state index contributed by atoms with van der Waals surface area (Å²) < 4.78 is 0. The Labute approximate surface area is 156 Å². The van der Waals surface area contributed by atoms with Crippen molar-refractivity contribution >= 4 is 22.3 Å². The normalized spacial score (nSPS) is 11.4. The van der Waals surface area contributed by atoms with Gasteiger partial charge in [-0.1, -0.05) is 0 Å². The Morgan fingerprint density at radius 1 is 0.571 bits per heavy atom. The van der Waals surface area contributed by atoms with Gasteiger partial charge < -0.3 is 30.4 Å². The van der Waals surface area contributed by atoms with Crippen LogP contribution in [0.15, 0.2) is 42.5 Å². The van der Waals surface area contributed by atoms with Gasteiger partial charge in [0, 0.05) is 0 Å². The van der Waals surface area contributed by atoms with E-state index in [1.807, 2.05) is 0 Å². The summed E-state index contributed by atoms with van der Waals surface area (Å²) in [4.78, 5) is 19.3. The zero-order valence-corrected chi connectivity index (χ0v) is 14.2. The maximum atomic E-state index is 10.0. The Kier molecular flexibility index (Phi) is 3.20. The minimum Gasteiger partial charge on any atom is -0.508 e. The minimum absolute atomic E-state index is 0.00513. The highest BCUT2D eigenvalue weighted by Gasteiger charge is 2.15. The molecule has 28 heavy (non-hydrogen) atoms. The van der Waals surface area contributed by atoms with E-state index in [2.05, 4.69) is 24.9 Å². The number of nitrogens with one attached hydrogen (secondary N) is 2. The molecule has 5 rings (SSSR count). The molecule has 5 aromatic rings. The van der Waals surface area contributed by atoms with Gasteiger partial charge in [-0.2, -0.15) is 0 Å². The molecule has 3 aromatic heterocycles. The van der Waals surface area contributed by atoms with Gasteiger partial charge in [-0.25, -0.2) is 15.0 Å². The molecule has 138 valence electrons. The standard InChI is InChI=1S/C19H13N5O4/c25-8-1-3-14(27)10(5-8)16-20-12-7-13-19(24-18(12)22-16)23-17(21-13)11-6-9(26)2-4-15(11)28/h1-7,25-28H,(H2,20,21,22,23,24). The summed E-state index contributed by atoms with van der Waals surface area (Å²) in [6.45, 7) is 0. The molecule has 0 saturated carbocycles. The lowest BCUT2D eigenvalue weighted by Gasteiger charge is -2.01. The first-order chi connectivity index (χ1) is 13.5. The van der Waals surface area contributed by atoms with E-state index in [9.17, 15) is 20.4 Å². The smallest absolute Gasteiger partial charge is 0.180 e. The van der Waals surface area contributed by atoms with Crippen LogP contribution in [-0.4, -0.2) is 45.3 Å². The summed E-state index contributed by atoms with van der Waals surface area (Å²) in [5.74, 6) is 0.671. The van der Waals surface area contributed by atoms with Crippen LogP contribution in [0.25, 0.3) is 45.1 Å². The number of hydrogen-bond donors (Lipinski definition) is 6. The number of aromatic amines is 2. The van der Waals surface area contributed by atoms with Crippen molar-refractivity contribution in [2.45, 2.75) is 0 Å². The predicted octanol–water partition coefficient (Wildman–Crippen LogP) is 2.99. The van der Waals surface area contributed by atoms with E-state index in [0.717, 1.165) is 0 Å². The van der Waals surface area contributed by atoms with Crippen LogP contribution in [0.4, 0.5) is 0 Å². The monoisotopic (exact) mass is 375 g/mol. The molecule has 9 nitrogen and oxygen atoms in total. The van der Waals surface area contributed by atoms with Crippen molar-refractivity contribution in [2.75, 3.05) is 0 Å². The fourth-order valence-corrected chi connectivity index (χ4v) is 3.05. The lowest BCUT2D eigenvalue weighted by atomic mass is 10.2. The lowest BCUT2D eigenvalue weighted by Crippen LogP contribution is -1.82. The number of benzene rings is 2. The van der Waals surface area contributed by atoms with Gasteiger partial charge in [0.1, 0.15) is 34.6 Å². The second-order valence-corrected chi connectivity index (χ2v) is 6.30. The molecule has 0 saturated heterocycles. The molecule has 0 bridgehead atoms. The van der Waals surface area contributed by atoms with Gasteiger partial charge in [-0.15, -0.1) is 0 Å². The second kappa shape index (κ2) is 5.61. The van der Waals surface area contributed by atoms with Crippen molar-refractivity contribution in [1.29, 1.82) is 0 Å². The third-order valence-corrected chi connectivity index (χ3v) is 4.39. The predicted molar refractivity (Wildman–Crippen MR) is 101 cm³/mol. The van der Waals surface area contributed by atoms with Crippen molar-refractivity contribution in [3.63, 3.8) is 0 Å². The number of fused-ring (bicyclic) bond motifs is 2. The molecule has 3 heterocycles. The molecule has 0 spiro atoms. The second-order valence-electron chi connectivity index (χ2n) is 6.30. The van der Waals surface area contributed by atoms with Crippen LogP contribution in [0.5, 0.6) is 23.0 Å². The van der Waals surface area contributed by atoms with Crippen LogP contribution < -0.4 is 0 Å². The average molecular weight is 375 g/mol. The maximum absolute atomic E-state index is 10.0. The molecule has 9 heteroatoms. The number of nitrogens with zero attached hydrogens (tertiary/aromatic N) is 3. The molecule has 0 fully saturated rings. The van der Waals surface area contributed by atoms with Crippen LogP contribution in [0.2, 0.25) is 0 Å². The van der Waals surface area contributed by atoms with E-state index in [0.29, 0.717) is 45.1 Å².